The fourth-order valence-corrected chi connectivity index (χ4v) is 3.21. The van der Waals surface area contributed by atoms with Crippen LogP contribution in [0, 0.1) is 16.7 Å². The summed E-state index contributed by atoms with van der Waals surface area (Å²) in [6, 6.07) is 2.01. The molecule has 0 amide bonds. The zero-order valence-electron chi connectivity index (χ0n) is 13.1. The summed E-state index contributed by atoms with van der Waals surface area (Å²) in [6.45, 7) is 12.8. The molecular weight excluding hydrogens is 278 g/mol. The molecule has 0 aromatic carbocycles. The number of carbonyl (C=O) groups is 1. The summed E-state index contributed by atoms with van der Waals surface area (Å²) < 4.78 is 5.99. The number of allylic oxidation sites excluding steroid dienone is 1. The molecule has 0 bridgehead atoms. The number of ketones is 1. The summed E-state index contributed by atoms with van der Waals surface area (Å²) in [4.78, 5) is 18.5. The largest absolute Gasteiger partial charge is 0.367 e. The highest BCUT2D eigenvalue weighted by Crippen LogP contribution is 2.41. The molecule has 1 saturated heterocycles. The van der Waals surface area contributed by atoms with E-state index in [1.807, 2.05) is 19.9 Å². The first-order valence-electron chi connectivity index (χ1n) is 7.25. The van der Waals surface area contributed by atoms with E-state index in [1.165, 1.54) is 6.20 Å². The molecule has 0 aromatic rings. The van der Waals surface area contributed by atoms with Gasteiger partial charge in [-0.15, -0.1) is 0 Å². The summed E-state index contributed by atoms with van der Waals surface area (Å²) in [7, 11) is 0. The highest BCUT2D eigenvalue weighted by atomic mass is 16.5. The number of Topliss-reactive ketones (excluding diaryl/α,β-unsaturated/α-hetero) is 1. The third kappa shape index (κ3) is 2.88. The molecule has 2 aliphatic rings. The minimum Gasteiger partial charge on any atom is -0.367 e. The summed E-state index contributed by atoms with van der Waals surface area (Å²) in [5.74, 6) is 0.601. The Morgan fingerprint density at radius 2 is 2.27 bits per heavy atom. The number of nitriles is 1. The Bertz CT molecular complexity index is 610. The smallest absolute Gasteiger partial charge is 0.178 e. The molecule has 0 saturated carbocycles. The average Bonchev–Trinajstić information content (AvgIpc) is 2.48. The number of nitrogens with zero attached hydrogens (tertiary/aromatic N) is 3. The van der Waals surface area contributed by atoms with E-state index in [2.05, 4.69) is 23.1 Å². The van der Waals surface area contributed by atoms with Crippen LogP contribution in [0.15, 0.2) is 42.1 Å². The van der Waals surface area contributed by atoms with Gasteiger partial charge in [0, 0.05) is 18.2 Å². The van der Waals surface area contributed by atoms with Crippen molar-refractivity contribution in [1.29, 1.82) is 5.26 Å². The number of ether oxygens (including phenoxy) is 1. The average molecular weight is 299 g/mol. The zero-order valence-corrected chi connectivity index (χ0v) is 13.1. The van der Waals surface area contributed by atoms with Gasteiger partial charge < -0.3 is 9.64 Å². The second-order valence-corrected chi connectivity index (χ2v) is 6.27. The zero-order chi connectivity index (χ0) is 16.4. The van der Waals surface area contributed by atoms with Crippen LogP contribution in [0.4, 0.5) is 0 Å². The van der Waals surface area contributed by atoms with E-state index in [9.17, 15) is 10.1 Å². The molecule has 1 aliphatic heterocycles. The maximum absolute atomic E-state index is 12.3. The third-order valence-electron chi connectivity index (χ3n) is 4.07. The highest BCUT2D eigenvalue weighted by Gasteiger charge is 2.48. The molecule has 0 radical (unpaired) electrons. The Kier molecular flexibility index (Phi) is 4.34. The number of hydrogen-bond acceptors (Lipinski definition) is 4. The van der Waals surface area contributed by atoms with Gasteiger partial charge in [-0.25, -0.2) is 4.99 Å². The van der Waals surface area contributed by atoms with Crippen molar-refractivity contribution < 1.29 is 9.53 Å². The molecular formula is C17H21N3O2. The van der Waals surface area contributed by atoms with Crippen LogP contribution in [0.2, 0.25) is 0 Å². The van der Waals surface area contributed by atoms with Gasteiger partial charge in [-0.05, 0) is 18.6 Å². The van der Waals surface area contributed by atoms with Crippen molar-refractivity contribution in [2.45, 2.75) is 25.9 Å². The maximum Gasteiger partial charge on any atom is 0.178 e. The fourth-order valence-electron chi connectivity index (χ4n) is 3.21. The van der Waals surface area contributed by atoms with Crippen molar-refractivity contribution in [2.75, 3.05) is 19.7 Å². The first kappa shape index (κ1) is 16.2. The number of morpholine rings is 1. The normalized spacial score (nSPS) is 28.0. The van der Waals surface area contributed by atoms with E-state index >= 15 is 0 Å². The summed E-state index contributed by atoms with van der Waals surface area (Å²) in [5.41, 5.74) is -1.09. The molecule has 116 valence electrons. The van der Waals surface area contributed by atoms with Gasteiger partial charge in [-0.3, -0.25) is 4.79 Å². The van der Waals surface area contributed by atoms with Crippen LogP contribution in [0.1, 0.15) is 20.3 Å². The minimum absolute atomic E-state index is 0.120. The Morgan fingerprint density at radius 1 is 1.55 bits per heavy atom. The van der Waals surface area contributed by atoms with Crippen LogP contribution in [0.5, 0.6) is 0 Å². The summed E-state index contributed by atoms with van der Waals surface area (Å²) >= 11 is 0. The molecule has 1 aliphatic carbocycles. The number of amidine groups is 1. The van der Waals surface area contributed by atoms with Crippen molar-refractivity contribution in [1.82, 2.24) is 4.90 Å². The van der Waals surface area contributed by atoms with Crippen LogP contribution < -0.4 is 0 Å². The second kappa shape index (κ2) is 5.90. The van der Waals surface area contributed by atoms with E-state index < -0.39 is 11.0 Å². The maximum atomic E-state index is 12.3. The van der Waals surface area contributed by atoms with Crippen molar-refractivity contribution >= 4 is 11.6 Å². The van der Waals surface area contributed by atoms with Crippen molar-refractivity contribution in [3.63, 3.8) is 0 Å². The van der Waals surface area contributed by atoms with Gasteiger partial charge in [-0.1, -0.05) is 27.0 Å². The van der Waals surface area contributed by atoms with Gasteiger partial charge in [0.05, 0.1) is 18.7 Å². The van der Waals surface area contributed by atoms with Gasteiger partial charge in [0.25, 0.3) is 0 Å². The lowest BCUT2D eigenvalue weighted by Gasteiger charge is -2.47. The Morgan fingerprint density at radius 3 is 2.86 bits per heavy atom. The molecule has 1 atom stereocenters. The molecule has 1 fully saturated rings. The SMILES string of the molecule is C=CN=C(C=C)N1CCOC2(C=C(C#N)C(=O)C(C)(C)C2)C1. The van der Waals surface area contributed by atoms with Gasteiger partial charge in [0.2, 0.25) is 0 Å². The highest BCUT2D eigenvalue weighted by molar-refractivity contribution is 6.04. The van der Waals surface area contributed by atoms with E-state index in [4.69, 9.17) is 4.74 Å². The van der Waals surface area contributed by atoms with Crippen LogP contribution in [-0.2, 0) is 9.53 Å². The number of hydrogen-bond donors (Lipinski definition) is 0. The topological polar surface area (TPSA) is 65.7 Å². The molecule has 22 heavy (non-hydrogen) atoms. The van der Waals surface area contributed by atoms with Crippen LogP contribution >= 0.6 is 0 Å². The van der Waals surface area contributed by atoms with Crippen molar-refractivity contribution in [3.8, 4) is 6.07 Å². The Balaban J connectivity index is 2.38. The first-order valence-corrected chi connectivity index (χ1v) is 7.25. The molecule has 1 heterocycles. The van der Waals surface area contributed by atoms with Crippen LogP contribution in [0.25, 0.3) is 0 Å². The first-order chi connectivity index (χ1) is 10.4. The Hall–Kier alpha value is -2.19. The quantitative estimate of drug-likeness (QED) is 0.579. The van der Waals surface area contributed by atoms with Crippen molar-refractivity contribution in [2.24, 2.45) is 10.4 Å². The lowest BCUT2D eigenvalue weighted by atomic mass is 9.69. The lowest BCUT2D eigenvalue weighted by Crippen LogP contribution is -2.56. The van der Waals surface area contributed by atoms with E-state index in [1.54, 1.807) is 12.2 Å². The molecule has 5 heteroatoms. The molecule has 0 aromatic heterocycles. The lowest BCUT2D eigenvalue weighted by molar-refractivity contribution is -0.133. The standard InChI is InChI=1S/C17H21N3O2/c1-5-14(19-6-2)20-7-8-22-17(12-20)9-13(10-18)15(21)16(3,4)11-17/h5-6,9H,1-2,7-8,11-12H2,3-4H3. The number of rotatable bonds is 2. The molecule has 1 unspecified atom stereocenters. The van der Waals surface area contributed by atoms with Crippen molar-refractivity contribution in [3.05, 3.63) is 37.1 Å². The summed E-state index contributed by atoms with van der Waals surface area (Å²) in [5, 5.41) is 9.25. The summed E-state index contributed by atoms with van der Waals surface area (Å²) in [6.07, 6.45) is 5.37. The van der Waals surface area contributed by atoms with Gasteiger partial charge in [0.15, 0.2) is 5.78 Å². The fraction of sp³-hybridized carbons (Fsp3) is 0.471. The minimum atomic E-state index is -0.647. The predicted molar refractivity (Wildman–Crippen MR) is 85.2 cm³/mol. The molecule has 0 N–H and O–H groups in total. The molecule has 5 nitrogen and oxygen atoms in total. The molecule has 2 rings (SSSR count). The number of carbonyl (C=O) groups excluding carboxylic acids is 1. The predicted octanol–water partition coefficient (Wildman–Crippen LogP) is 2.23. The van der Waals surface area contributed by atoms with E-state index in [-0.39, 0.29) is 11.4 Å². The van der Waals surface area contributed by atoms with E-state index in [0.717, 1.165) is 5.84 Å². The van der Waals surface area contributed by atoms with Gasteiger partial charge in [-0.2, -0.15) is 5.26 Å². The van der Waals surface area contributed by atoms with Crippen LogP contribution in [0.3, 0.4) is 0 Å². The molecule has 1 spiro atoms. The second-order valence-electron chi connectivity index (χ2n) is 6.27. The van der Waals surface area contributed by atoms with Gasteiger partial charge in [0.1, 0.15) is 17.5 Å². The Labute approximate surface area is 131 Å². The number of aliphatic imine (C=N–C) groups is 1. The van der Waals surface area contributed by atoms with Gasteiger partial charge >= 0.3 is 0 Å². The van der Waals surface area contributed by atoms with Crippen LogP contribution in [-0.4, -0.2) is 41.8 Å². The third-order valence-corrected chi connectivity index (χ3v) is 4.07. The van der Waals surface area contributed by atoms with E-state index in [0.29, 0.717) is 26.1 Å². The monoisotopic (exact) mass is 299 g/mol.